The maximum absolute atomic E-state index is 12.6. The summed E-state index contributed by atoms with van der Waals surface area (Å²) in [5.41, 5.74) is 0.963. The molecule has 1 heterocycles. The quantitative estimate of drug-likeness (QED) is 0.826. The average molecular weight is 399 g/mol. The molecule has 1 amide bonds. The maximum atomic E-state index is 12.6. The zero-order chi connectivity index (χ0) is 19.8. The van der Waals surface area contributed by atoms with Crippen LogP contribution in [-0.4, -0.2) is 27.4 Å². The van der Waals surface area contributed by atoms with Crippen LogP contribution in [0.3, 0.4) is 0 Å². The lowest BCUT2D eigenvalue weighted by Crippen LogP contribution is -2.31. The summed E-state index contributed by atoms with van der Waals surface area (Å²) < 4.78 is 60.5. The van der Waals surface area contributed by atoms with Gasteiger partial charge in [0.05, 0.1) is 17.0 Å². The van der Waals surface area contributed by atoms with Gasteiger partial charge in [-0.2, -0.15) is 13.2 Å². The van der Waals surface area contributed by atoms with Gasteiger partial charge in [0.15, 0.2) is 0 Å². The number of benzene rings is 2. The Morgan fingerprint density at radius 2 is 1.81 bits per heavy atom. The Hall–Kier alpha value is -2.59. The molecular weight excluding hydrogens is 383 g/mol. The molecule has 3 rings (SSSR count). The number of rotatable bonds is 4. The predicted octanol–water partition coefficient (Wildman–Crippen LogP) is 2.35. The van der Waals surface area contributed by atoms with E-state index in [0.29, 0.717) is 13.0 Å². The van der Waals surface area contributed by atoms with E-state index in [-0.39, 0.29) is 17.1 Å². The molecule has 0 unspecified atom stereocenters. The Balaban J connectivity index is 1.66. The molecule has 0 aliphatic carbocycles. The van der Waals surface area contributed by atoms with Gasteiger partial charge >= 0.3 is 6.18 Å². The molecule has 1 aliphatic heterocycles. The number of nitrogens with one attached hydrogen (secondary N) is 1. The fraction of sp³-hybridized carbons (Fsp3) is 0.235. The highest BCUT2D eigenvalue weighted by atomic mass is 32.2. The van der Waals surface area contributed by atoms with Crippen LogP contribution in [0.4, 0.5) is 24.5 Å². The van der Waals surface area contributed by atoms with Crippen molar-refractivity contribution in [3.8, 4) is 0 Å². The van der Waals surface area contributed by atoms with E-state index in [4.69, 9.17) is 5.14 Å². The van der Waals surface area contributed by atoms with Crippen molar-refractivity contribution >= 4 is 27.3 Å². The number of primary sulfonamides is 1. The minimum atomic E-state index is -4.43. The number of amides is 1. The van der Waals surface area contributed by atoms with Crippen LogP contribution in [0.25, 0.3) is 0 Å². The molecule has 0 saturated heterocycles. The molecule has 3 N–H and O–H groups in total. The molecule has 27 heavy (non-hydrogen) atoms. The number of anilines is 2. The molecule has 0 atom stereocenters. The van der Waals surface area contributed by atoms with Crippen molar-refractivity contribution in [2.75, 3.05) is 23.3 Å². The van der Waals surface area contributed by atoms with Crippen LogP contribution < -0.4 is 15.4 Å². The second-order valence-electron chi connectivity index (χ2n) is 6.13. The number of nitrogens with two attached hydrogens (primary N) is 1. The molecule has 0 fully saturated rings. The van der Waals surface area contributed by atoms with Gasteiger partial charge in [0, 0.05) is 17.9 Å². The van der Waals surface area contributed by atoms with Crippen molar-refractivity contribution in [1.29, 1.82) is 0 Å². The van der Waals surface area contributed by atoms with E-state index >= 15 is 0 Å². The molecule has 0 spiro atoms. The highest BCUT2D eigenvalue weighted by Crippen LogP contribution is 2.31. The molecule has 2 aromatic rings. The largest absolute Gasteiger partial charge is 0.416 e. The van der Waals surface area contributed by atoms with Gasteiger partial charge in [-0.05, 0) is 54.4 Å². The molecule has 0 radical (unpaired) electrons. The molecule has 2 aromatic carbocycles. The Morgan fingerprint density at radius 1 is 1.15 bits per heavy atom. The second kappa shape index (κ2) is 6.86. The topological polar surface area (TPSA) is 92.5 Å². The third-order valence-electron chi connectivity index (χ3n) is 4.20. The van der Waals surface area contributed by atoms with Gasteiger partial charge in [-0.15, -0.1) is 0 Å². The Kier molecular flexibility index (Phi) is 4.87. The summed E-state index contributed by atoms with van der Waals surface area (Å²) >= 11 is 0. The monoisotopic (exact) mass is 399 g/mol. The highest BCUT2D eigenvalue weighted by Gasteiger charge is 2.30. The highest BCUT2D eigenvalue weighted by molar-refractivity contribution is 7.89. The number of alkyl halides is 3. The summed E-state index contributed by atoms with van der Waals surface area (Å²) in [6, 6.07) is 8.63. The lowest BCUT2D eigenvalue weighted by atomic mass is 10.2. The van der Waals surface area contributed by atoms with E-state index in [2.05, 4.69) is 5.32 Å². The third kappa shape index (κ3) is 4.40. The first-order chi connectivity index (χ1) is 12.5. The van der Waals surface area contributed by atoms with Gasteiger partial charge in [0.25, 0.3) is 0 Å². The van der Waals surface area contributed by atoms with Gasteiger partial charge in [-0.3, -0.25) is 4.79 Å². The van der Waals surface area contributed by atoms with Crippen LogP contribution in [-0.2, 0) is 27.4 Å². The second-order valence-corrected chi connectivity index (χ2v) is 7.69. The molecule has 0 saturated carbocycles. The number of halogens is 3. The molecule has 6 nitrogen and oxygen atoms in total. The summed E-state index contributed by atoms with van der Waals surface area (Å²) in [6.45, 7) is 0.507. The maximum Gasteiger partial charge on any atom is 0.416 e. The van der Waals surface area contributed by atoms with Crippen molar-refractivity contribution in [2.45, 2.75) is 17.5 Å². The summed E-state index contributed by atoms with van der Waals surface area (Å²) in [5, 5.41) is 7.66. The average Bonchev–Trinajstić information content (AvgIpc) is 2.96. The van der Waals surface area contributed by atoms with Crippen molar-refractivity contribution < 1.29 is 26.4 Å². The summed E-state index contributed by atoms with van der Waals surface area (Å²) in [7, 11) is -3.80. The van der Waals surface area contributed by atoms with Gasteiger partial charge in [0.1, 0.15) is 0 Å². The predicted molar refractivity (Wildman–Crippen MR) is 93.8 cm³/mol. The van der Waals surface area contributed by atoms with E-state index in [1.54, 1.807) is 11.0 Å². The first-order valence-corrected chi connectivity index (χ1v) is 9.46. The smallest absolute Gasteiger partial charge is 0.362 e. The molecule has 1 aliphatic rings. The van der Waals surface area contributed by atoms with Crippen molar-refractivity contribution in [1.82, 2.24) is 0 Å². The van der Waals surface area contributed by atoms with Crippen LogP contribution >= 0.6 is 0 Å². The van der Waals surface area contributed by atoms with E-state index in [1.165, 1.54) is 24.3 Å². The number of sulfonamides is 1. The fourth-order valence-electron chi connectivity index (χ4n) is 2.90. The summed E-state index contributed by atoms with van der Waals surface area (Å²) in [5.74, 6) is -0.391. The Labute approximate surface area is 153 Å². The number of hydrogen-bond donors (Lipinski definition) is 2. The number of fused-ring (bicyclic) bond motifs is 1. The SMILES string of the molecule is NS(=O)(=O)c1ccc2c(c1)CCN2CC(=O)Nc1ccc(C(F)(F)F)cc1. The molecule has 144 valence electrons. The van der Waals surface area contributed by atoms with E-state index in [1.807, 2.05) is 0 Å². The van der Waals surface area contributed by atoms with Crippen LogP contribution in [0.5, 0.6) is 0 Å². The molecule has 0 aromatic heterocycles. The first-order valence-electron chi connectivity index (χ1n) is 7.92. The number of hydrogen-bond acceptors (Lipinski definition) is 4. The van der Waals surface area contributed by atoms with Gasteiger partial charge in [0.2, 0.25) is 15.9 Å². The minimum Gasteiger partial charge on any atom is -0.362 e. The van der Waals surface area contributed by atoms with Crippen molar-refractivity contribution in [3.05, 3.63) is 53.6 Å². The van der Waals surface area contributed by atoms with Gasteiger partial charge < -0.3 is 10.2 Å². The lowest BCUT2D eigenvalue weighted by molar-refractivity contribution is -0.137. The Bertz CT molecular complexity index is 973. The zero-order valence-electron chi connectivity index (χ0n) is 14.0. The standard InChI is InChI=1S/C17H16F3N3O3S/c18-17(19,20)12-1-3-13(4-2-12)22-16(24)10-23-8-7-11-9-14(27(21,25)26)5-6-15(11)23/h1-6,9H,7-8,10H2,(H,22,24)(H2,21,25,26). The van der Waals surface area contributed by atoms with Crippen LogP contribution in [0, 0.1) is 0 Å². The molecule has 10 heteroatoms. The van der Waals surface area contributed by atoms with E-state index < -0.39 is 27.7 Å². The van der Waals surface area contributed by atoms with Crippen LogP contribution in [0.1, 0.15) is 11.1 Å². The fourth-order valence-corrected chi connectivity index (χ4v) is 3.47. The Morgan fingerprint density at radius 3 is 2.41 bits per heavy atom. The van der Waals surface area contributed by atoms with Gasteiger partial charge in [-0.25, -0.2) is 13.6 Å². The summed E-state index contributed by atoms with van der Waals surface area (Å²) in [4.78, 5) is 14.0. The number of carbonyl (C=O) groups excluding carboxylic acids is 1. The van der Waals surface area contributed by atoms with E-state index in [0.717, 1.165) is 23.4 Å². The third-order valence-corrected chi connectivity index (χ3v) is 5.11. The number of nitrogens with zero attached hydrogens (tertiary/aromatic N) is 1. The molecular formula is C17H16F3N3O3S. The lowest BCUT2D eigenvalue weighted by Gasteiger charge is -2.19. The molecule has 0 bridgehead atoms. The van der Waals surface area contributed by atoms with Crippen molar-refractivity contribution in [3.63, 3.8) is 0 Å². The van der Waals surface area contributed by atoms with Crippen molar-refractivity contribution in [2.24, 2.45) is 5.14 Å². The first kappa shape index (κ1) is 19.2. The van der Waals surface area contributed by atoms with E-state index in [9.17, 15) is 26.4 Å². The van der Waals surface area contributed by atoms with Gasteiger partial charge in [-0.1, -0.05) is 0 Å². The normalized spacial score (nSPS) is 14.1. The summed E-state index contributed by atoms with van der Waals surface area (Å²) in [6.07, 6.45) is -3.87. The van der Waals surface area contributed by atoms with Crippen LogP contribution in [0.2, 0.25) is 0 Å². The number of carbonyl (C=O) groups is 1. The zero-order valence-corrected chi connectivity index (χ0v) is 14.8. The minimum absolute atomic E-state index is 0.0112. The van der Waals surface area contributed by atoms with Crippen LogP contribution in [0.15, 0.2) is 47.4 Å².